The highest BCUT2D eigenvalue weighted by atomic mass is 19.1. The minimum atomic E-state index is -0.529. The van der Waals surface area contributed by atoms with Crippen LogP contribution in [-0.2, 0) is 14.3 Å². The number of ether oxygens (including phenoxy) is 3. The Morgan fingerprint density at radius 1 is 1.17 bits per heavy atom. The number of unbranched alkanes of at least 4 members (excludes halogenated alkanes) is 2. The van der Waals surface area contributed by atoms with Gasteiger partial charge in [0.25, 0.3) is 0 Å². The van der Waals surface area contributed by atoms with Crippen molar-refractivity contribution in [2.75, 3.05) is 13.2 Å². The number of hydrogen-bond donors (Lipinski definition) is 0. The first-order valence-electron chi connectivity index (χ1n) is 9.85. The number of esters is 1. The van der Waals surface area contributed by atoms with E-state index in [1.54, 1.807) is 36.4 Å². The van der Waals surface area contributed by atoms with E-state index in [1.807, 2.05) is 6.07 Å². The van der Waals surface area contributed by atoms with Gasteiger partial charge in [-0.3, -0.25) is 4.79 Å². The molecule has 0 atom stereocenters. The topological polar surface area (TPSA) is 68.5 Å². The summed E-state index contributed by atoms with van der Waals surface area (Å²) in [6.07, 6.45) is 3.83. The summed E-state index contributed by atoms with van der Waals surface area (Å²) < 4.78 is 31.0. The van der Waals surface area contributed by atoms with Gasteiger partial charge in [-0.2, -0.15) is 5.26 Å². The van der Waals surface area contributed by atoms with Crippen molar-refractivity contribution in [3.8, 4) is 22.9 Å². The number of carbonyl (C=O) groups is 1. The van der Waals surface area contributed by atoms with Crippen LogP contribution in [-0.4, -0.2) is 25.5 Å². The zero-order chi connectivity index (χ0) is 20.6. The molecule has 152 valence electrons. The van der Waals surface area contributed by atoms with Crippen molar-refractivity contribution >= 4 is 5.97 Å². The molecule has 0 aliphatic carbocycles. The van der Waals surface area contributed by atoms with Crippen LogP contribution in [0.15, 0.2) is 42.5 Å². The van der Waals surface area contributed by atoms with E-state index in [1.165, 1.54) is 6.07 Å². The molecule has 0 amide bonds. The van der Waals surface area contributed by atoms with Crippen LogP contribution in [0.3, 0.4) is 0 Å². The van der Waals surface area contributed by atoms with Crippen molar-refractivity contribution in [1.29, 1.82) is 5.26 Å². The highest BCUT2D eigenvalue weighted by Gasteiger charge is 2.29. The van der Waals surface area contributed by atoms with Gasteiger partial charge in [0.05, 0.1) is 24.8 Å². The average Bonchev–Trinajstić information content (AvgIpc) is 2.75. The molecule has 6 heteroatoms. The fraction of sp³-hybridized carbons (Fsp3) is 0.391. The molecule has 0 spiro atoms. The molecule has 2 aromatic rings. The lowest BCUT2D eigenvalue weighted by molar-refractivity contribution is -0.208. The zero-order valence-electron chi connectivity index (χ0n) is 16.4. The first-order valence-corrected chi connectivity index (χ1v) is 9.85. The maximum Gasteiger partial charge on any atom is 0.319 e. The van der Waals surface area contributed by atoms with E-state index in [9.17, 15) is 9.18 Å². The lowest BCUT2D eigenvalue weighted by Crippen LogP contribution is -2.38. The van der Waals surface area contributed by atoms with Gasteiger partial charge in [0.2, 0.25) is 0 Å². The molecule has 1 fully saturated rings. The lowest BCUT2D eigenvalue weighted by atomic mass is 10.0. The van der Waals surface area contributed by atoms with Crippen molar-refractivity contribution < 1.29 is 23.4 Å². The molecule has 2 aromatic carbocycles. The molecule has 5 nitrogen and oxygen atoms in total. The van der Waals surface area contributed by atoms with E-state index in [0.717, 1.165) is 25.7 Å². The number of benzene rings is 2. The van der Waals surface area contributed by atoms with Crippen LogP contribution in [0.1, 0.15) is 38.2 Å². The first kappa shape index (κ1) is 21.0. The predicted octanol–water partition coefficient (Wildman–Crippen LogP) is 4.84. The molecule has 1 saturated heterocycles. The average molecular weight is 397 g/mol. The van der Waals surface area contributed by atoms with Crippen molar-refractivity contribution in [3.63, 3.8) is 0 Å². The van der Waals surface area contributed by atoms with Gasteiger partial charge in [-0.15, -0.1) is 0 Å². The summed E-state index contributed by atoms with van der Waals surface area (Å²) >= 11 is 0. The molecule has 1 aliphatic rings. The van der Waals surface area contributed by atoms with Gasteiger partial charge in [-0.05, 0) is 42.7 Å². The van der Waals surface area contributed by atoms with Gasteiger partial charge in [0, 0.05) is 11.6 Å². The SMILES string of the molecule is CCCCCC1OCC(C(=O)Oc2ccc(-c3ccc(C#N)cc3)c(F)c2)CO1. The van der Waals surface area contributed by atoms with E-state index < -0.39 is 17.7 Å². The number of nitriles is 1. The number of hydrogen-bond acceptors (Lipinski definition) is 5. The van der Waals surface area contributed by atoms with E-state index in [-0.39, 0.29) is 25.3 Å². The Labute approximate surface area is 170 Å². The van der Waals surface area contributed by atoms with Gasteiger partial charge in [-0.25, -0.2) is 4.39 Å². The summed E-state index contributed by atoms with van der Waals surface area (Å²) in [6, 6.07) is 12.9. The van der Waals surface area contributed by atoms with Crippen LogP contribution < -0.4 is 4.74 Å². The minimum absolute atomic E-state index is 0.134. The molecule has 0 aromatic heterocycles. The van der Waals surface area contributed by atoms with Crippen molar-refractivity contribution in [2.24, 2.45) is 5.92 Å². The summed E-state index contributed by atoms with van der Waals surface area (Å²) in [4.78, 5) is 12.3. The smallest absolute Gasteiger partial charge is 0.319 e. The van der Waals surface area contributed by atoms with Crippen molar-refractivity contribution in [3.05, 3.63) is 53.8 Å². The highest BCUT2D eigenvalue weighted by molar-refractivity contribution is 5.76. The van der Waals surface area contributed by atoms with E-state index in [2.05, 4.69) is 6.92 Å². The Hall–Kier alpha value is -2.75. The standard InChI is InChI=1S/C23H24FNO4/c1-2-3-4-5-22-27-14-18(15-28-22)23(26)29-19-10-11-20(21(24)12-19)17-8-6-16(13-25)7-9-17/h6-12,18,22H,2-5,14-15H2,1H3. The quantitative estimate of drug-likeness (QED) is 0.380. The Bertz CT molecular complexity index is 867. The van der Waals surface area contributed by atoms with Crippen LogP contribution in [0.2, 0.25) is 0 Å². The summed E-state index contributed by atoms with van der Waals surface area (Å²) in [5.74, 6) is -1.40. The predicted molar refractivity (Wildman–Crippen MR) is 106 cm³/mol. The highest BCUT2D eigenvalue weighted by Crippen LogP contribution is 2.27. The normalized spacial score (nSPS) is 18.8. The number of halogens is 1. The summed E-state index contributed by atoms with van der Waals surface area (Å²) in [6.45, 7) is 2.61. The Kier molecular flexibility index (Phi) is 7.34. The van der Waals surface area contributed by atoms with E-state index in [0.29, 0.717) is 16.7 Å². The maximum atomic E-state index is 14.5. The maximum absolute atomic E-state index is 14.5. The zero-order valence-corrected chi connectivity index (χ0v) is 16.4. The third-order valence-electron chi connectivity index (χ3n) is 4.83. The Morgan fingerprint density at radius 2 is 1.90 bits per heavy atom. The molecule has 1 heterocycles. The van der Waals surface area contributed by atoms with Gasteiger partial charge in [0.1, 0.15) is 17.5 Å². The van der Waals surface area contributed by atoms with E-state index >= 15 is 0 Å². The second kappa shape index (κ2) is 10.1. The summed E-state index contributed by atoms with van der Waals surface area (Å²) in [7, 11) is 0. The van der Waals surface area contributed by atoms with Gasteiger partial charge in [0.15, 0.2) is 6.29 Å². The van der Waals surface area contributed by atoms with Gasteiger partial charge >= 0.3 is 5.97 Å². The number of carbonyl (C=O) groups excluding carboxylic acids is 1. The van der Waals surface area contributed by atoms with Crippen LogP contribution in [0.25, 0.3) is 11.1 Å². The van der Waals surface area contributed by atoms with Crippen LogP contribution >= 0.6 is 0 Å². The Morgan fingerprint density at radius 3 is 2.52 bits per heavy atom. The number of rotatable bonds is 7. The molecule has 1 aliphatic heterocycles. The number of nitrogens with zero attached hydrogens (tertiary/aromatic N) is 1. The molecule has 29 heavy (non-hydrogen) atoms. The molecule has 0 N–H and O–H groups in total. The monoisotopic (exact) mass is 397 g/mol. The molecule has 0 radical (unpaired) electrons. The molecular weight excluding hydrogens is 373 g/mol. The minimum Gasteiger partial charge on any atom is -0.426 e. The third kappa shape index (κ3) is 5.63. The second-order valence-corrected chi connectivity index (χ2v) is 7.04. The fourth-order valence-corrected chi connectivity index (χ4v) is 3.12. The van der Waals surface area contributed by atoms with Gasteiger partial charge < -0.3 is 14.2 Å². The fourth-order valence-electron chi connectivity index (χ4n) is 3.12. The molecule has 3 rings (SSSR count). The Balaban J connectivity index is 1.56. The van der Waals surface area contributed by atoms with Gasteiger partial charge in [-0.1, -0.05) is 31.9 Å². The summed E-state index contributed by atoms with van der Waals surface area (Å²) in [5, 5.41) is 8.85. The van der Waals surface area contributed by atoms with Crippen LogP contribution in [0, 0.1) is 23.1 Å². The summed E-state index contributed by atoms with van der Waals surface area (Å²) in [5.41, 5.74) is 1.51. The largest absolute Gasteiger partial charge is 0.426 e. The van der Waals surface area contributed by atoms with Crippen LogP contribution in [0.4, 0.5) is 4.39 Å². The first-order chi connectivity index (χ1) is 14.1. The second-order valence-electron chi connectivity index (χ2n) is 7.04. The molecule has 0 unspecified atom stereocenters. The molecule has 0 saturated carbocycles. The van der Waals surface area contributed by atoms with Crippen molar-refractivity contribution in [1.82, 2.24) is 0 Å². The molecule has 0 bridgehead atoms. The third-order valence-corrected chi connectivity index (χ3v) is 4.83. The lowest BCUT2D eigenvalue weighted by Gasteiger charge is -2.28. The van der Waals surface area contributed by atoms with Crippen molar-refractivity contribution in [2.45, 2.75) is 38.9 Å². The molecular formula is C23H24FNO4. The van der Waals surface area contributed by atoms with Crippen LogP contribution in [0.5, 0.6) is 5.75 Å². The van der Waals surface area contributed by atoms with E-state index in [4.69, 9.17) is 19.5 Å².